The molecule has 2 rings (SSSR count). The first-order valence-electron chi connectivity index (χ1n) is 5.38. The molecule has 0 aliphatic rings. The van der Waals surface area contributed by atoms with Crippen LogP contribution in [0.2, 0.25) is 0 Å². The minimum absolute atomic E-state index is 0.00134. The minimum Gasteiger partial charge on any atom is -0.494 e. The molecule has 88 valence electrons. The molecular weight excluding hydrogens is 218 g/mol. The first-order valence-corrected chi connectivity index (χ1v) is 5.38. The van der Waals surface area contributed by atoms with E-state index in [9.17, 15) is 4.79 Å². The Labute approximate surface area is 99.1 Å². The lowest BCUT2D eigenvalue weighted by molar-refractivity contribution is 0.0967. The topological polar surface area (TPSA) is 57.0 Å². The van der Waals surface area contributed by atoms with Gasteiger partial charge in [-0.1, -0.05) is 0 Å². The molecule has 0 saturated carbocycles. The molecule has 5 heteroatoms. The lowest BCUT2D eigenvalue weighted by Gasteiger charge is -2.04. The number of rotatable bonds is 5. The zero-order chi connectivity index (χ0) is 12.1. The van der Waals surface area contributed by atoms with Crippen LogP contribution in [0.15, 0.2) is 36.9 Å². The predicted octanol–water partition coefficient (Wildman–Crippen LogP) is 1.56. The number of hydrogen-bond donors (Lipinski definition) is 0. The lowest BCUT2D eigenvalue weighted by Crippen LogP contribution is -2.10. The summed E-state index contributed by atoms with van der Waals surface area (Å²) in [5.74, 6) is 0.767. The van der Waals surface area contributed by atoms with Gasteiger partial charge in [-0.25, -0.2) is 9.67 Å². The van der Waals surface area contributed by atoms with Gasteiger partial charge in [0.15, 0.2) is 5.78 Å². The van der Waals surface area contributed by atoms with E-state index < -0.39 is 0 Å². The largest absolute Gasteiger partial charge is 0.494 e. The van der Waals surface area contributed by atoms with Crippen LogP contribution in [0.5, 0.6) is 5.75 Å². The molecule has 0 atom stereocenters. The number of hydrogen-bond acceptors (Lipinski definition) is 4. The highest BCUT2D eigenvalue weighted by Gasteiger charge is 2.07. The number of aromatic nitrogens is 3. The first kappa shape index (κ1) is 11.3. The summed E-state index contributed by atoms with van der Waals surface area (Å²) in [6, 6.07) is 7.09. The number of carbonyl (C=O) groups is 1. The highest BCUT2D eigenvalue weighted by Crippen LogP contribution is 2.12. The van der Waals surface area contributed by atoms with Gasteiger partial charge >= 0.3 is 0 Å². The van der Waals surface area contributed by atoms with Crippen molar-refractivity contribution in [2.24, 2.45) is 0 Å². The Morgan fingerprint density at radius 1 is 1.35 bits per heavy atom. The van der Waals surface area contributed by atoms with Crippen molar-refractivity contribution in [3.05, 3.63) is 42.5 Å². The van der Waals surface area contributed by atoms with Crippen molar-refractivity contribution in [1.82, 2.24) is 14.8 Å². The van der Waals surface area contributed by atoms with Crippen molar-refractivity contribution in [3.8, 4) is 5.75 Å². The SMILES string of the molecule is CCOc1ccc(C(=O)Cn2cncn2)cc1. The van der Waals surface area contributed by atoms with Gasteiger partial charge in [-0.05, 0) is 31.2 Å². The quantitative estimate of drug-likeness (QED) is 0.733. The van der Waals surface area contributed by atoms with Crippen LogP contribution < -0.4 is 4.74 Å². The fourth-order valence-corrected chi connectivity index (χ4v) is 1.46. The van der Waals surface area contributed by atoms with Gasteiger partial charge < -0.3 is 4.74 Å². The zero-order valence-corrected chi connectivity index (χ0v) is 9.54. The van der Waals surface area contributed by atoms with Crippen molar-refractivity contribution < 1.29 is 9.53 Å². The van der Waals surface area contributed by atoms with Gasteiger partial charge in [0, 0.05) is 5.56 Å². The monoisotopic (exact) mass is 231 g/mol. The maximum atomic E-state index is 11.9. The minimum atomic E-state index is -0.00134. The number of Topliss-reactive ketones (excluding diaryl/α,β-unsaturated/α-hetero) is 1. The zero-order valence-electron chi connectivity index (χ0n) is 9.54. The molecule has 0 radical (unpaired) electrons. The van der Waals surface area contributed by atoms with Gasteiger partial charge in [0.25, 0.3) is 0 Å². The van der Waals surface area contributed by atoms with Crippen LogP contribution in [0.25, 0.3) is 0 Å². The summed E-state index contributed by atoms with van der Waals surface area (Å²) in [7, 11) is 0. The Balaban J connectivity index is 2.04. The van der Waals surface area contributed by atoms with E-state index in [0.717, 1.165) is 5.75 Å². The molecule has 0 unspecified atom stereocenters. The number of ketones is 1. The molecule has 0 fully saturated rings. The smallest absolute Gasteiger partial charge is 0.184 e. The molecular formula is C12H13N3O2. The van der Waals surface area contributed by atoms with E-state index in [4.69, 9.17) is 4.74 Å². The van der Waals surface area contributed by atoms with Crippen LogP contribution >= 0.6 is 0 Å². The summed E-state index contributed by atoms with van der Waals surface area (Å²) in [5, 5.41) is 3.89. The van der Waals surface area contributed by atoms with E-state index in [2.05, 4.69) is 10.1 Å². The van der Waals surface area contributed by atoms with E-state index in [-0.39, 0.29) is 12.3 Å². The van der Waals surface area contributed by atoms with Crippen LogP contribution in [0, 0.1) is 0 Å². The molecule has 0 N–H and O–H groups in total. The molecule has 2 aromatic rings. The average Bonchev–Trinajstić information content (AvgIpc) is 2.83. The van der Waals surface area contributed by atoms with E-state index in [1.165, 1.54) is 17.3 Å². The average molecular weight is 231 g/mol. The van der Waals surface area contributed by atoms with Crippen molar-refractivity contribution in [2.75, 3.05) is 6.61 Å². The number of ether oxygens (including phenoxy) is 1. The summed E-state index contributed by atoms with van der Waals surface area (Å²) in [4.78, 5) is 15.6. The van der Waals surface area contributed by atoms with Crippen LogP contribution in [0.4, 0.5) is 0 Å². The molecule has 0 bridgehead atoms. The van der Waals surface area contributed by atoms with Gasteiger partial charge in [-0.3, -0.25) is 4.79 Å². The molecule has 5 nitrogen and oxygen atoms in total. The van der Waals surface area contributed by atoms with Gasteiger partial charge in [0.2, 0.25) is 0 Å². The fourth-order valence-electron chi connectivity index (χ4n) is 1.46. The Morgan fingerprint density at radius 2 is 2.12 bits per heavy atom. The summed E-state index contributed by atoms with van der Waals surface area (Å²) >= 11 is 0. The molecule has 0 amide bonds. The summed E-state index contributed by atoms with van der Waals surface area (Å²) in [6.45, 7) is 2.74. The van der Waals surface area contributed by atoms with Gasteiger partial charge in [0.1, 0.15) is 24.9 Å². The van der Waals surface area contributed by atoms with Crippen LogP contribution in [0.3, 0.4) is 0 Å². The van der Waals surface area contributed by atoms with Crippen LogP contribution in [-0.2, 0) is 6.54 Å². The van der Waals surface area contributed by atoms with Crippen LogP contribution in [0.1, 0.15) is 17.3 Å². The van der Waals surface area contributed by atoms with Crippen LogP contribution in [-0.4, -0.2) is 27.2 Å². The fraction of sp³-hybridized carbons (Fsp3) is 0.250. The number of carbonyl (C=O) groups excluding carboxylic acids is 1. The molecule has 0 spiro atoms. The summed E-state index contributed by atoms with van der Waals surface area (Å²) in [6.07, 6.45) is 2.93. The Hall–Kier alpha value is -2.17. The summed E-state index contributed by atoms with van der Waals surface area (Å²) < 4.78 is 6.81. The third kappa shape index (κ3) is 2.90. The molecule has 17 heavy (non-hydrogen) atoms. The van der Waals surface area contributed by atoms with E-state index >= 15 is 0 Å². The van der Waals surface area contributed by atoms with Gasteiger partial charge in [0.05, 0.1) is 6.61 Å². The second kappa shape index (κ2) is 5.25. The molecule has 0 aliphatic carbocycles. The molecule has 0 aliphatic heterocycles. The van der Waals surface area contributed by atoms with E-state index in [1.807, 2.05) is 6.92 Å². The third-order valence-electron chi connectivity index (χ3n) is 2.26. The highest BCUT2D eigenvalue weighted by molar-refractivity contribution is 5.95. The Morgan fingerprint density at radius 3 is 2.71 bits per heavy atom. The predicted molar refractivity (Wildman–Crippen MR) is 62.0 cm³/mol. The van der Waals surface area contributed by atoms with Crippen molar-refractivity contribution in [3.63, 3.8) is 0 Å². The number of nitrogens with zero attached hydrogens (tertiary/aromatic N) is 3. The molecule has 1 heterocycles. The maximum Gasteiger partial charge on any atom is 0.184 e. The Bertz CT molecular complexity index is 477. The van der Waals surface area contributed by atoms with E-state index in [0.29, 0.717) is 12.2 Å². The standard InChI is InChI=1S/C12H13N3O2/c1-2-17-11-5-3-10(4-6-11)12(16)7-15-9-13-8-14-15/h3-6,8-9H,2,7H2,1H3. The maximum absolute atomic E-state index is 11.9. The highest BCUT2D eigenvalue weighted by atomic mass is 16.5. The molecule has 0 saturated heterocycles. The molecule has 1 aromatic heterocycles. The summed E-state index contributed by atoms with van der Waals surface area (Å²) in [5.41, 5.74) is 0.643. The first-order chi connectivity index (χ1) is 8.29. The normalized spacial score (nSPS) is 10.2. The van der Waals surface area contributed by atoms with Gasteiger partial charge in [-0.2, -0.15) is 5.10 Å². The van der Waals surface area contributed by atoms with Crippen molar-refractivity contribution >= 4 is 5.78 Å². The Kier molecular flexibility index (Phi) is 3.49. The lowest BCUT2D eigenvalue weighted by atomic mass is 10.1. The third-order valence-corrected chi connectivity index (χ3v) is 2.26. The molecule has 1 aromatic carbocycles. The number of benzene rings is 1. The van der Waals surface area contributed by atoms with Crippen molar-refractivity contribution in [1.29, 1.82) is 0 Å². The van der Waals surface area contributed by atoms with Gasteiger partial charge in [-0.15, -0.1) is 0 Å². The second-order valence-electron chi connectivity index (χ2n) is 3.47. The van der Waals surface area contributed by atoms with Crippen molar-refractivity contribution in [2.45, 2.75) is 13.5 Å². The van der Waals surface area contributed by atoms with E-state index in [1.54, 1.807) is 24.3 Å². The second-order valence-corrected chi connectivity index (χ2v) is 3.47.